The van der Waals surface area contributed by atoms with Gasteiger partial charge in [-0.25, -0.2) is 14.8 Å². The van der Waals surface area contributed by atoms with Crippen LogP contribution in [0.3, 0.4) is 0 Å². The molecule has 3 heterocycles. The zero-order valence-electron chi connectivity index (χ0n) is 12.7. The lowest BCUT2D eigenvalue weighted by Crippen LogP contribution is -2.30. The predicted octanol–water partition coefficient (Wildman–Crippen LogP) is 0.970. The number of rotatable bonds is 5. The van der Waals surface area contributed by atoms with Gasteiger partial charge in [0.2, 0.25) is 0 Å². The number of carbonyl (C=O) groups is 2. The van der Waals surface area contributed by atoms with Gasteiger partial charge in [0.25, 0.3) is 0 Å². The average Bonchev–Trinajstić information content (AvgIpc) is 3.18. The number of H-pyrrole nitrogens is 1. The predicted molar refractivity (Wildman–Crippen MR) is 82.0 cm³/mol. The summed E-state index contributed by atoms with van der Waals surface area (Å²) in [6, 6.07) is 0. The van der Waals surface area contributed by atoms with Crippen LogP contribution < -0.4 is 5.32 Å². The Labute approximate surface area is 132 Å². The number of nitrogens with one attached hydrogen (secondary N) is 2. The molecule has 2 atom stereocenters. The molecular formula is C14H18N6O3. The second-order valence-electron chi connectivity index (χ2n) is 5.64. The maximum Gasteiger partial charge on any atom is 0.407 e. The number of carbonyl (C=O) groups excluding carboxylic acids is 1. The highest BCUT2D eigenvalue weighted by atomic mass is 16.4. The zero-order chi connectivity index (χ0) is 16.4. The summed E-state index contributed by atoms with van der Waals surface area (Å²) in [6.07, 6.45) is 2.90. The molecule has 9 heteroatoms. The molecule has 1 saturated heterocycles. The van der Waals surface area contributed by atoms with E-state index < -0.39 is 6.09 Å². The minimum Gasteiger partial charge on any atom is -0.465 e. The Kier molecular flexibility index (Phi) is 4.09. The van der Waals surface area contributed by atoms with Crippen LogP contribution in [-0.2, 0) is 4.79 Å². The monoisotopic (exact) mass is 318 g/mol. The highest BCUT2D eigenvalue weighted by Crippen LogP contribution is 2.27. The van der Waals surface area contributed by atoms with Crippen LogP contribution in [0.1, 0.15) is 13.3 Å². The molecule has 3 N–H and O–H groups in total. The number of hydrogen-bond acceptors (Lipinski definition) is 6. The Bertz CT molecular complexity index is 730. The molecule has 1 amide bonds. The molecule has 2 aromatic heterocycles. The smallest absolute Gasteiger partial charge is 0.407 e. The van der Waals surface area contributed by atoms with Crippen molar-refractivity contribution in [3.8, 4) is 0 Å². The second-order valence-corrected chi connectivity index (χ2v) is 5.64. The molecule has 2 aromatic rings. The van der Waals surface area contributed by atoms with Gasteiger partial charge in [-0.3, -0.25) is 9.89 Å². The molecule has 1 aliphatic rings. The Morgan fingerprint density at radius 3 is 3.00 bits per heavy atom. The Hall–Kier alpha value is -2.71. The van der Waals surface area contributed by atoms with Gasteiger partial charge in [0.15, 0.2) is 11.4 Å². The van der Waals surface area contributed by atoms with Gasteiger partial charge >= 0.3 is 6.09 Å². The molecule has 1 aliphatic heterocycles. The SMILES string of the molecule is CCC1CN(C(=O)O)CC1C(=O)CNc1cnc2[nH]ncc2n1. The third kappa shape index (κ3) is 3.08. The fourth-order valence-electron chi connectivity index (χ4n) is 2.93. The normalized spacial score (nSPS) is 20.8. The minimum absolute atomic E-state index is 0.00492. The Balaban J connectivity index is 1.63. The molecule has 0 aromatic carbocycles. The van der Waals surface area contributed by atoms with Crippen molar-refractivity contribution in [3.05, 3.63) is 12.4 Å². The van der Waals surface area contributed by atoms with Gasteiger partial charge in [-0.1, -0.05) is 13.3 Å². The van der Waals surface area contributed by atoms with Crippen molar-refractivity contribution in [1.29, 1.82) is 0 Å². The van der Waals surface area contributed by atoms with Gasteiger partial charge in [-0.2, -0.15) is 5.10 Å². The number of fused-ring (bicyclic) bond motifs is 1. The highest BCUT2D eigenvalue weighted by molar-refractivity contribution is 5.86. The number of aromatic nitrogens is 4. The topological polar surface area (TPSA) is 124 Å². The summed E-state index contributed by atoms with van der Waals surface area (Å²) in [5.41, 5.74) is 1.20. The summed E-state index contributed by atoms with van der Waals surface area (Å²) >= 11 is 0. The lowest BCUT2D eigenvalue weighted by atomic mass is 9.90. The first-order chi connectivity index (χ1) is 11.1. The third-order valence-electron chi connectivity index (χ3n) is 4.25. The van der Waals surface area contributed by atoms with Gasteiger partial charge < -0.3 is 15.3 Å². The number of amides is 1. The van der Waals surface area contributed by atoms with Crippen molar-refractivity contribution in [2.24, 2.45) is 11.8 Å². The first-order valence-electron chi connectivity index (χ1n) is 7.49. The fourth-order valence-corrected chi connectivity index (χ4v) is 2.93. The van der Waals surface area contributed by atoms with Crippen LogP contribution in [0.2, 0.25) is 0 Å². The molecule has 0 aliphatic carbocycles. The molecule has 122 valence electrons. The van der Waals surface area contributed by atoms with Crippen LogP contribution in [0.15, 0.2) is 12.4 Å². The summed E-state index contributed by atoms with van der Waals surface area (Å²) in [6.45, 7) is 2.76. The fraction of sp³-hybridized carbons (Fsp3) is 0.500. The van der Waals surface area contributed by atoms with Crippen molar-refractivity contribution in [3.63, 3.8) is 0 Å². The number of ketones is 1. The van der Waals surface area contributed by atoms with E-state index in [9.17, 15) is 9.59 Å². The van der Waals surface area contributed by atoms with Crippen molar-refractivity contribution >= 4 is 28.9 Å². The summed E-state index contributed by atoms with van der Waals surface area (Å²) in [5, 5.41) is 18.6. The number of anilines is 1. The molecule has 0 bridgehead atoms. The molecule has 23 heavy (non-hydrogen) atoms. The Morgan fingerprint density at radius 1 is 1.43 bits per heavy atom. The van der Waals surface area contributed by atoms with Gasteiger partial charge in [0, 0.05) is 19.0 Å². The molecular weight excluding hydrogens is 300 g/mol. The third-order valence-corrected chi connectivity index (χ3v) is 4.25. The average molecular weight is 318 g/mol. The number of nitrogens with zero attached hydrogens (tertiary/aromatic N) is 4. The van der Waals surface area contributed by atoms with Crippen LogP contribution in [0, 0.1) is 11.8 Å². The van der Waals surface area contributed by atoms with E-state index in [1.54, 1.807) is 6.20 Å². The number of hydrogen-bond donors (Lipinski definition) is 3. The summed E-state index contributed by atoms with van der Waals surface area (Å²) in [5.74, 6) is 0.292. The van der Waals surface area contributed by atoms with E-state index in [0.717, 1.165) is 6.42 Å². The number of likely N-dealkylation sites (tertiary alicyclic amines) is 1. The summed E-state index contributed by atoms with van der Waals surface area (Å²) in [7, 11) is 0. The van der Waals surface area contributed by atoms with Crippen molar-refractivity contribution < 1.29 is 14.7 Å². The lowest BCUT2D eigenvalue weighted by Gasteiger charge is -2.15. The van der Waals surface area contributed by atoms with Crippen LogP contribution in [0.5, 0.6) is 0 Å². The van der Waals surface area contributed by atoms with Gasteiger partial charge in [-0.15, -0.1) is 0 Å². The van der Waals surface area contributed by atoms with E-state index in [2.05, 4.69) is 25.5 Å². The first-order valence-corrected chi connectivity index (χ1v) is 7.49. The van der Waals surface area contributed by atoms with Gasteiger partial charge in [-0.05, 0) is 5.92 Å². The van der Waals surface area contributed by atoms with E-state index >= 15 is 0 Å². The molecule has 1 fully saturated rings. The van der Waals surface area contributed by atoms with Crippen LogP contribution in [-0.4, -0.2) is 61.7 Å². The maximum atomic E-state index is 12.4. The maximum absolute atomic E-state index is 12.4. The van der Waals surface area contributed by atoms with Gasteiger partial charge in [0.05, 0.1) is 18.9 Å². The van der Waals surface area contributed by atoms with Gasteiger partial charge in [0.1, 0.15) is 11.3 Å². The lowest BCUT2D eigenvalue weighted by molar-refractivity contribution is -0.121. The number of aromatic amines is 1. The highest BCUT2D eigenvalue weighted by Gasteiger charge is 2.38. The quantitative estimate of drug-likeness (QED) is 0.750. The van der Waals surface area contributed by atoms with Crippen molar-refractivity contribution in [2.75, 3.05) is 25.0 Å². The molecule has 2 unspecified atom stereocenters. The van der Waals surface area contributed by atoms with Crippen LogP contribution in [0.4, 0.5) is 10.6 Å². The number of Topliss-reactive ketones (excluding diaryl/α,β-unsaturated/α-hetero) is 1. The molecule has 0 spiro atoms. The van der Waals surface area contributed by atoms with E-state index in [-0.39, 0.29) is 30.7 Å². The van der Waals surface area contributed by atoms with Crippen molar-refractivity contribution in [2.45, 2.75) is 13.3 Å². The molecule has 0 saturated carbocycles. The standard InChI is InChI=1S/C14H18N6O3/c1-2-8-6-20(14(22)23)7-9(8)11(21)4-15-12-5-16-13-10(18-12)3-17-19-13/h3,5,8-9H,2,4,6-7H2,1H3,(H,15,18)(H,22,23)(H,16,17,19). The van der Waals surface area contributed by atoms with E-state index in [0.29, 0.717) is 23.5 Å². The summed E-state index contributed by atoms with van der Waals surface area (Å²) < 4.78 is 0. The zero-order valence-corrected chi connectivity index (χ0v) is 12.7. The van der Waals surface area contributed by atoms with E-state index in [4.69, 9.17) is 5.11 Å². The second kappa shape index (κ2) is 6.19. The molecule has 3 rings (SSSR count). The first kappa shape index (κ1) is 15.2. The largest absolute Gasteiger partial charge is 0.465 e. The van der Waals surface area contributed by atoms with E-state index in [1.165, 1.54) is 11.1 Å². The molecule has 0 radical (unpaired) electrons. The number of carboxylic acid groups (broad SMARTS) is 1. The van der Waals surface area contributed by atoms with Crippen LogP contribution in [0.25, 0.3) is 11.2 Å². The van der Waals surface area contributed by atoms with Crippen LogP contribution >= 0.6 is 0 Å². The molecule has 9 nitrogen and oxygen atoms in total. The minimum atomic E-state index is -0.969. The van der Waals surface area contributed by atoms with Crippen molar-refractivity contribution in [1.82, 2.24) is 25.1 Å². The summed E-state index contributed by atoms with van der Waals surface area (Å²) in [4.78, 5) is 33.3. The van der Waals surface area contributed by atoms with E-state index in [1.807, 2.05) is 6.92 Å². The Morgan fingerprint density at radius 2 is 2.26 bits per heavy atom.